The molecule has 6 heteroatoms. The number of anilines is 1. The van der Waals surface area contributed by atoms with Gasteiger partial charge in [-0.3, -0.25) is 4.40 Å². The monoisotopic (exact) mass is 191 g/mol. The van der Waals surface area contributed by atoms with E-state index < -0.39 is 0 Å². The maximum absolute atomic E-state index is 11.0. The van der Waals surface area contributed by atoms with Gasteiger partial charge >= 0.3 is 6.03 Å². The zero-order chi connectivity index (χ0) is 9.97. The lowest BCUT2D eigenvalue weighted by Crippen LogP contribution is -2.24. The van der Waals surface area contributed by atoms with Crippen LogP contribution in [0, 0.1) is 0 Å². The summed E-state index contributed by atoms with van der Waals surface area (Å²) in [5.41, 5.74) is 0.620. The van der Waals surface area contributed by atoms with Crippen LogP contribution in [-0.4, -0.2) is 27.4 Å². The van der Waals surface area contributed by atoms with E-state index in [9.17, 15) is 4.79 Å². The third kappa shape index (κ3) is 1.49. The van der Waals surface area contributed by atoms with Crippen LogP contribution >= 0.6 is 0 Å². The van der Waals surface area contributed by atoms with Crippen LogP contribution in [0.2, 0.25) is 0 Å². The molecule has 2 aromatic rings. The maximum Gasteiger partial charge on any atom is 0.319 e. The minimum Gasteiger partial charge on any atom is -0.341 e. The fourth-order valence-corrected chi connectivity index (χ4v) is 1.07. The van der Waals surface area contributed by atoms with Crippen molar-refractivity contribution in [3.05, 3.63) is 24.8 Å². The molecule has 0 unspecified atom stereocenters. The fourth-order valence-electron chi connectivity index (χ4n) is 1.07. The molecule has 0 spiro atoms. The van der Waals surface area contributed by atoms with E-state index in [0.29, 0.717) is 11.5 Å². The zero-order valence-electron chi connectivity index (χ0n) is 7.56. The number of amides is 2. The highest BCUT2D eigenvalue weighted by Gasteiger charge is 2.00. The molecule has 0 fully saturated rings. The number of hydrogen-bond donors (Lipinski definition) is 2. The molecule has 6 nitrogen and oxygen atoms in total. The third-order valence-electron chi connectivity index (χ3n) is 1.73. The molecule has 2 N–H and O–H groups in total. The zero-order valence-corrected chi connectivity index (χ0v) is 7.56. The molecule has 2 amide bonds. The first-order chi connectivity index (χ1) is 6.79. The summed E-state index contributed by atoms with van der Waals surface area (Å²) in [5.74, 6) is 0.604. The first-order valence-electron chi connectivity index (χ1n) is 4.07. The highest BCUT2D eigenvalue weighted by atomic mass is 16.2. The van der Waals surface area contributed by atoms with Crippen molar-refractivity contribution < 1.29 is 4.79 Å². The largest absolute Gasteiger partial charge is 0.341 e. The van der Waals surface area contributed by atoms with Gasteiger partial charge in [0, 0.05) is 25.6 Å². The summed E-state index contributed by atoms with van der Waals surface area (Å²) in [6.07, 6.45) is 6.70. The number of imidazole rings is 1. The van der Waals surface area contributed by atoms with Gasteiger partial charge in [-0.05, 0) is 0 Å². The molecule has 2 rings (SSSR count). The van der Waals surface area contributed by atoms with E-state index in [2.05, 4.69) is 20.6 Å². The number of nitrogens with zero attached hydrogens (tertiary/aromatic N) is 3. The van der Waals surface area contributed by atoms with Crippen molar-refractivity contribution in [2.75, 3.05) is 12.4 Å². The van der Waals surface area contributed by atoms with Crippen LogP contribution in [-0.2, 0) is 0 Å². The summed E-state index contributed by atoms with van der Waals surface area (Å²) in [4.78, 5) is 19.0. The number of urea groups is 1. The molecule has 2 heterocycles. The molecule has 0 aliphatic rings. The van der Waals surface area contributed by atoms with Gasteiger partial charge in [-0.1, -0.05) is 0 Å². The van der Waals surface area contributed by atoms with Gasteiger partial charge < -0.3 is 10.6 Å². The maximum atomic E-state index is 11.0. The standard InChI is InChI=1S/C8H9N5O/c1-9-8(14)12-6-4-11-7-10-2-3-13(7)5-6/h2-5H,1H3,(H2,9,12,14). The van der Waals surface area contributed by atoms with Crippen LogP contribution in [0.5, 0.6) is 0 Å². The minimum absolute atomic E-state index is 0.272. The second-order valence-corrected chi connectivity index (χ2v) is 2.68. The molecule has 14 heavy (non-hydrogen) atoms. The summed E-state index contributed by atoms with van der Waals surface area (Å²) in [6.45, 7) is 0. The topological polar surface area (TPSA) is 71.3 Å². The normalized spacial score (nSPS) is 10.1. The van der Waals surface area contributed by atoms with E-state index in [1.54, 1.807) is 36.2 Å². The van der Waals surface area contributed by atoms with Crippen LogP contribution in [0.3, 0.4) is 0 Å². The van der Waals surface area contributed by atoms with Gasteiger partial charge in [-0.25, -0.2) is 14.8 Å². The van der Waals surface area contributed by atoms with Crippen molar-refractivity contribution in [2.45, 2.75) is 0 Å². The van der Waals surface area contributed by atoms with Crippen LogP contribution in [0.15, 0.2) is 24.8 Å². The molecule has 0 radical (unpaired) electrons. The van der Waals surface area contributed by atoms with Crippen molar-refractivity contribution in [2.24, 2.45) is 0 Å². The van der Waals surface area contributed by atoms with Gasteiger partial charge in [0.15, 0.2) is 0 Å². The summed E-state index contributed by atoms with van der Waals surface area (Å²) in [7, 11) is 1.55. The lowest BCUT2D eigenvalue weighted by atomic mass is 10.5. The minimum atomic E-state index is -0.272. The lowest BCUT2D eigenvalue weighted by Gasteiger charge is -2.03. The Morgan fingerprint density at radius 2 is 2.36 bits per heavy atom. The van der Waals surface area contributed by atoms with Crippen LogP contribution in [0.1, 0.15) is 0 Å². The molecule has 0 aliphatic carbocycles. The number of fused-ring (bicyclic) bond motifs is 1. The van der Waals surface area contributed by atoms with E-state index in [4.69, 9.17) is 0 Å². The molecule has 0 aromatic carbocycles. The predicted octanol–water partition coefficient (Wildman–Crippen LogP) is 0.481. The second kappa shape index (κ2) is 3.33. The third-order valence-corrected chi connectivity index (χ3v) is 1.73. The average molecular weight is 191 g/mol. The molecule has 0 saturated carbocycles. The number of carbonyl (C=O) groups is 1. The Balaban J connectivity index is 2.30. The van der Waals surface area contributed by atoms with Gasteiger partial charge in [-0.15, -0.1) is 0 Å². The van der Waals surface area contributed by atoms with Crippen LogP contribution in [0.4, 0.5) is 10.5 Å². The molecule has 72 valence electrons. The highest BCUT2D eigenvalue weighted by Crippen LogP contribution is 2.05. The summed E-state index contributed by atoms with van der Waals surface area (Å²) >= 11 is 0. The Morgan fingerprint density at radius 3 is 3.14 bits per heavy atom. The second-order valence-electron chi connectivity index (χ2n) is 2.68. The van der Waals surface area contributed by atoms with E-state index in [1.807, 2.05) is 0 Å². The summed E-state index contributed by atoms with van der Waals surface area (Å²) < 4.78 is 1.73. The van der Waals surface area contributed by atoms with Gasteiger partial charge in [0.05, 0.1) is 11.9 Å². The SMILES string of the molecule is CNC(=O)Nc1cnc2nccn2c1. The molecular formula is C8H9N5O. The van der Waals surface area contributed by atoms with E-state index in [-0.39, 0.29) is 6.03 Å². The van der Waals surface area contributed by atoms with E-state index >= 15 is 0 Å². The highest BCUT2D eigenvalue weighted by molar-refractivity contribution is 5.88. The predicted molar refractivity (Wildman–Crippen MR) is 51.1 cm³/mol. The van der Waals surface area contributed by atoms with E-state index in [0.717, 1.165) is 0 Å². The summed E-state index contributed by atoms with van der Waals surface area (Å²) in [5, 5.41) is 5.06. The Bertz CT molecular complexity index is 463. The van der Waals surface area contributed by atoms with Crippen LogP contribution in [0.25, 0.3) is 5.78 Å². The van der Waals surface area contributed by atoms with Crippen LogP contribution < -0.4 is 10.6 Å². The Morgan fingerprint density at radius 1 is 1.50 bits per heavy atom. The van der Waals surface area contributed by atoms with E-state index in [1.165, 1.54) is 0 Å². The molecular weight excluding hydrogens is 182 g/mol. The molecule has 2 aromatic heterocycles. The van der Waals surface area contributed by atoms with Crippen molar-refractivity contribution >= 4 is 17.5 Å². The molecule has 0 bridgehead atoms. The average Bonchev–Trinajstić information content (AvgIpc) is 2.64. The van der Waals surface area contributed by atoms with Gasteiger partial charge in [0.1, 0.15) is 0 Å². The molecule has 0 saturated heterocycles. The number of nitrogens with one attached hydrogen (secondary N) is 2. The fraction of sp³-hybridized carbons (Fsp3) is 0.125. The van der Waals surface area contributed by atoms with Gasteiger partial charge in [0.2, 0.25) is 5.78 Å². The number of rotatable bonds is 1. The van der Waals surface area contributed by atoms with Crippen molar-refractivity contribution in [3.63, 3.8) is 0 Å². The lowest BCUT2D eigenvalue weighted by molar-refractivity contribution is 0.254. The Kier molecular flexibility index (Phi) is 2.02. The Hall–Kier alpha value is -2.11. The van der Waals surface area contributed by atoms with Crippen molar-refractivity contribution in [1.29, 1.82) is 0 Å². The number of aromatic nitrogens is 3. The van der Waals surface area contributed by atoms with Crippen molar-refractivity contribution in [1.82, 2.24) is 19.7 Å². The van der Waals surface area contributed by atoms with Gasteiger partial charge in [-0.2, -0.15) is 0 Å². The summed E-state index contributed by atoms with van der Waals surface area (Å²) in [6, 6.07) is -0.272. The molecule has 0 atom stereocenters. The molecule has 0 aliphatic heterocycles. The smallest absolute Gasteiger partial charge is 0.319 e. The first kappa shape index (κ1) is 8.49. The van der Waals surface area contributed by atoms with Crippen molar-refractivity contribution in [3.8, 4) is 0 Å². The van der Waals surface area contributed by atoms with Gasteiger partial charge in [0.25, 0.3) is 0 Å². The number of hydrogen-bond acceptors (Lipinski definition) is 3. The first-order valence-corrected chi connectivity index (χ1v) is 4.07. The Labute approximate surface area is 80.0 Å². The number of carbonyl (C=O) groups excluding carboxylic acids is 1. The quantitative estimate of drug-likeness (QED) is 0.688.